The van der Waals surface area contributed by atoms with Crippen LogP contribution in [-0.4, -0.2) is 34.7 Å². The number of amides is 3. The van der Waals surface area contributed by atoms with E-state index in [9.17, 15) is 24.3 Å². The van der Waals surface area contributed by atoms with Crippen molar-refractivity contribution >= 4 is 58.4 Å². The number of rotatable bonds is 6. The number of nitrogens with one attached hydrogen (secondary N) is 1. The van der Waals surface area contributed by atoms with E-state index in [1.54, 1.807) is 24.3 Å². The van der Waals surface area contributed by atoms with Gasteiger partial charge in [0.15, 0.2) is 0 Å². The molecular formula is C19H14ClN2O5S-. The van der Waals surface area contributed by atoms with Crippen LogP contribution in [0.1, 0.15) is 16.8 Å². The van der Waals surface area contributed by atoms with Crippen molar-refractivity contribution in [1.82, 2.24) is 0 Å². The molecule has 7 nitrogen and oxygen atoms in total. The molecule has 0 aliphatic carbocycles. The fourth-order valence-corrected chi connectivity index (χ4v) is 3.72. The molecule has 144 valence electrons. The molecule has 0 spiro atoms. The maximum atomic E-state index is 12.6. The molecule has 1 aliphatic rings. The summed E-state index contributed by atoms with van der Waals surface area (Å²) in [6, 6.07) is 11.9. The van der Waals surface area contributed by atoms with Crippen molar-refractivity contribution in [2.75, 3.05) is 16.0 Å². The first-order chi connectivity index (χ1) is 13.3. The highest BCUT2D eigenvalue weighted by Gasteiger charge is 2.40. The third-order valence-electron chi connectivity index (χ3n) is 4.01. The number of hydrogen-bond donors (Lipinski definition) is 1. The first kappa shape index (κ1) is 19.9. The van der Waals surface area contributed by atoms with Crippen LogP contribution in [0.25, 0.3) is 0 Å². The average Bonchev–Trinajstić information content (AvgIpc) is 2.95. The number of carboxylic acid groups (broad SMARTS) is 1. The first-order valence-corrected chi connectivity index (χ1v) is 9.63. The largest absolute Gasteiger partial charge is 0.545 e. The number of benzene rings is 2. The highest BCUT2D eigenvalue weighted by molar-refractivity contribution is 8.01. The quantitative estimate of drug-likeness (QED) is 0.717. The molecule has 2 aromatic rings. The van der Waals surface area contributed by atoms with E-state index < -0.39 is 23.0 Å². The minimum Gasteiger partial charge on any atom is -0.545 e. The van der Waals surface area contributed by atoms with Crippen LogP contribution in [0.5, 0.6) is 0 Å². The number of anilines is 2. The number of nitrogens with zero attached hydrogens (tertiary/aromatic N) is 1. The van der Waals surface area contributed by atoms with E-state index in [1.165, 1.54) is 24.3 Å². The molecule has 1 heterocycles. The summed E-state index contributed by atoms with van der Waals surface area (Å²) in [5, 5.41) is 13.4. The molecule has 3 rings (SSSR count). The van der Waals surface area contributed by atoms with Crippen LogP contribution in [0.3, 0.4) is 0 Å². The van der Waals surface area contributed by atoms with E-state index in [0.29, 0.717) is 10.7 Å². The zero-order chi connectivity index (χ0) is 20.3. The number of carbonyl (C=O) groups excluding carboxylic acids is 4. The Labute approximate surface area is 169 Å². The summed E-state index contributed by atoms with van der Waals surface area (Å²) in [6.45, 7) is 0. The van der Waals surface area contributed by atoms with Crippen LogP contribution in [0, 0.1) is 0 Å². The molecule has 1 aliphatic heterocycles. The Balaban J connectivity index is 1.59. The summed E-state index contributed by atoms with van der Waals surface area (Å²) in [5.41, 5.74) is 0.819. The predicted molar refractivity (Wildman–Crippen MR) is 104 cm³/mol. The van der Waals surface area contributed by atoms with Crippen LogP contribution in [0.2, 0.25) is 5.02 Å². The fraction of sp³-hybridized carbons (Fsp3) is 0.158. The van der Waals surface area contributed by atoms with Crippen molar-refractivity contribution in [3.05, 3.63) is 59.1 Å². The molecule has 1 atom stereocenters. The summed E-state index contributed by atoms with van der Waals surface area (Å²) in [6.07, 6.45) is -0.0278. The van der Waals surface area contributed by atoms with Gasteiger partial charge in [0.1, 0.15) is 0 Å². The van der Waals surface area contributed by atoms with Crippen LogP contribution >= 0.6 is 23.4 Å². The van der Waals surface area contributed by atoms with Crippen molar-refractivity contribution in [2.24, 2.45) is 0 Å². The second-order valence-electron chi connectivity index (χ2n) is 5.96. The fourth-order valence-electron chi connectivity index (χ4n) is 2.66. The Morgan fingerprint density at radius 2 is 1.75 bits per heavy atom. The van der Waals surface area contributed by atoms with Crippen LogP contribution < -0.4 is 15.3 Å². The Kier molecular flexibility index (Phi) is 6.01. The van der Waals surface area contributed by atoms with Gasteiger partial charge in [0.25, 0.3) is 0 Å². The Hall–Kier alpha value is -2.84. The van der Waals surface area contributed by atoms with Gasteiger partial charge >= 0.3 is 0 Å². The lowest BCUT2D eigenvalue weighted by Crippen LogP contribution is -2.31. The lowest BCUT2D eigenvalue weighted by atomic mass is 10.2. The van der Waals surface area contributed by atoms with Crippen molar-refractivity contribution in [3.8, 4) is 0 Å². The van der Waals surface area contributed by atoms with Gasteiger partial charge in [0.05, 0.1) is 22.7 Å². The second-order valence-corrected chi connectivity index (χ2v) is 7.59. The summed E-state index contributed by atoms with van der Waals surface area (Å²) in [7, 11) is 0. The van der Waals surface area contributed by atoms with Crippen molar-refractivity contribution in [3.63, 3.8) is 0 Å². The molecule has 1 saturated heterocycles. The molecule has 1 N–H and O–H groups in total. The van der Waals surface area contributed by atoms with E-state index in [4.69, 9.17) is 11.6 Å². The number of hydrogen-bond acceptors (Lipinski definition) is 6. The third-order valence-corrected chi connectivity index (χ3v) is 5.46. The summed E-state index contributed by atoms with van der Waals surface area (Å²) < 4.78 is 0. The van der Waals surface area contributed by atoms with Gasteiger partial charge in [0.2, 0.25) is 17.7 Å². The molecule has 28 heavy (non-hydrogen) atoms. The molecular weight excluding hydrogens is 404 g/mol. The van der Waals surface area contributed by atoms with E-state index in [1.807, 2.05) is 0 Å². The predicted octanol–water partition coefficient (Wildman–Crippen LogP) is 1.71. The molecule has 0 radical (unpaired) electrons. The van der Waals surface area contributed by atoms with Crippen molar-refractivity contribution in [2.45, 2.75) is 11.7 Å². The minimum absolute atomic E-state index is 0.00374. The summed E-state index contributed by atoms with van der Waals surface area (Å²) in [4.78, 5) is 48.7. The van der Waals surface area contributed by atoms with Gasteiger partial charge in [-0.1, -0.05) is 23.7 Å². The van der Waals surface area contributed by atoms with E-state index in [-0.39, 0.29) is 29.3 Å². The molecule has 2 aromatic carbocycles. The molecule has 0 unspecified atom stereocenters. The molecule has 3 amide bonds. The van der Waals surface area contributed by atoms with Crippen LogP contribution in [-0.2, 0) is 14.4 Å². The number of halogens is 1. The Bertz CT molecular complexity index is 930. The lowest BCUT2D eigenvalue weighted by molar-refractivity contribution is -0.255. The number of aromatic carboxylic acids is 1. The second kappa shape index (κ2) is 8.45. The number of imide groups is 1. The SMILES string of the molecule is O=C(CS[C@H]1CC(=O)N(c2ccc(C(=O)[O-])cc2)C1=O)Nc1ccc(Cl)cc1. The molecule has 0 aromatic heterocycles. The topological polar surface area (TPSA) is 107 Å². The monoisotopic (exact) mass is 417 g/mol. The van der Waals surface area contributed by atoms with Crippen LogP contribution in [0.15, 0.2) is 48.5 Å². The lowest BCUT2D eigenvalue weighted by Gasteiger charge is -2.15. The van der Waals surface area contributed by atoms with Gasteiger partial charge < -0.3 is 15.2 Å². The normalized spacial score (nSPS) is 16.3. The minimum atomic E-state index is -1.34. The standard InChI is InChI=1S/C19H15ClN2O5S/c20-12-3-5-13(6-4-12)21-16(23)10-28-15-9-17(24)22(18(15)25)14-7-1-11(2-8-14)19(26)27/h1-8,15H,9-10H2,(H,21,23)(H,26,27)/p-1/t15-/m0/s1. The van der Waals surface area contributed by atoms with Gasteiger partial charge in [0, 0.05) is 17.1 Å². The zero-order valence-electron chi connectivity index (χ0n) is 14.4. The average molecular weight is 418 g/mol. The Morgan fingerprint density at radius 1 is 1.11 bits per heavy atom. The maximum absolute atomic E-state index is 12.6. The number of carbonyl (C=O) groups is 4. The highest BCUT2D eigenvalue weighted by atomic mass is 35.5. The van der Waals surface area contributed by atoms with Crippen molar-refractivity contribution in [1.29, 1.82) is 0 Å². The summed E-state index contributed by atoms with van der Waals surface area (Å²) in [5.74, 6) is -2.48. The van der Waals surface area contributed by atoms with Gasteiger partial charge in [-0.05, 0) is 42.0 Å². The summed E-state index contributed by atoms with van der Waals surface area (Å²) >= 11 is 6.87. The van der Waals surface area contributed by atoms with Gasteiger partial charge in [-0.2, -0.15) is 0 Å². The van der Waals surface area contributed by atoms with Crippen molar-refractivity contribution < 1.29 is 24.3 Å². The smallest absolute Gasteiger partial charge is 0.247 e. The molecule has 0 saturated carbocycles. The molecule has 9 heteroatoms. The first-order valence-electron chi connectivity index (χ1n) is 8.20. The molecule has 0 bridgehead atoms. The highest BCUT2D eigenvalue weighted by Crippen LogP contribution is 2.30. The number of thioether (sulfide) groups is 1. The maximum Gasteiger partial charge on any atom is 0.247 e. The Morgan fingerprint density at radius 3 is 2.36 bits per heavy atom. The number of carboxylic acids is 1. The van der Waals surface area contributed by atoms with Crippen LogP contribution in [0.4, 0.5) is 11.4 Å². The zero-order valence-corrected chi connectivity index (χ0v) is 16.0. The van der Waals surface area contributed by atoms with Gasteiger partial charge in [-0.25, -0.2) is 4.90 Å². The third kappa shape index (κ3) is 4.52. The van der Waals surface area contributed by atoms with E-state index in [0.717, 1.165) is 16.7 Å². The van der Waals surface area contributed by atoms with E-state index >= 15 is 0 Å². The molecule has 1 fully saturated rings. The van der Waals surface area contributed by atoms with E-state index in [2.05, 4.69) is 5.32 Å². The van der Waals surface area contributed by atoms with Gasteiger partial charge in [-0.15, -0.1) is 11.8 Å². The van der Waals surface area contributed by atoms with Gasteiger partial charge in [-0.3, -0.25) is 14.4 Å².